The van der Waals surface area contributed by atoms with Crippen molar-refractivity contribution in [3.8, 4) is 0 Å². The first-order valence-electron chi connectivity index (χ1n) is 5.93. The molecule has 0 atom stereocenters. The van der Waals surface area contributed by atoms with Crippen LogP contribution in [0.4, 0.5) is 0 Å². The molecule has 4 nitrogen and oxygen atoms in total. The number of nitrogens with zero attached hydrogens (tertiary/aromatic N) is 2. The summed E-state index contributed by atoms with van der Waals surface area (Å²) in [7, 11) is 0. The molecule has 0 bridgehead atoms. The molecule has 0 amide bonds. The highest BCUT2D eigenvalue weighted by Crippen LogP contribution is 2.05. The van der Waals surface area contributed by atoms with Crippen LogP contribution in [0.5, 0.6) is 0 Å². The third-order valence-electron chi connectivity index (χ3n) is 2.67. The molecular formula is C12H22N2O2S. The lowest BCUT2D eigenvalue weighted by Gasteiger charge is -2.28. The molecule has 0 saturated carbocycles. The van der Waals surface area contributed by atoms with Crippen LogP contribution in [0.1, 0.15) is 26.5 Å². The Hall–Kier alpha value is -0.650. The molecule has 0 fully saturated rings. The summed E-state index contributed by atoms with van der Waals surface area (Å²) >= 11 is 1.24. The summed E-state index contributed by atoms with van der Waals surface area (Å²) in [6.45, 7) is 10.6. The Kier molecular flexibility index (Phi) is 4.91. The van der Waals surface area contributed by atoms with E-state index in [0.717, 1.165) is 18.8 Å². The molecule has 0 aliphatic carbocycles. The number of aliphatic hydroxyl groups is 1. The van der Waals surface area contributed by atoms with Gasteiger partial charge in [-0.15, -0.1) is 0 Å². The molecule has 0 aliphatic rings. The van der Waals surface area contributed by atoms with Crippen molar-refractivity contribution in [3.63, 3.8) is 0 Å². The van der Waals surface area contributed by atoms with Crippen molar-refractivity contribution in [2.24, 2.45) is 0 Å². The van der Waals surface area contributed by atoms with Crippen LogP contribution in [-0.2, 0) is 6.54 Å². The van der Waals surface area contributed by atoms with Gasteiger partial charge in [-0.05, 0) is 27.3 Å². The first-order valence-corrected chi connectivity index (χ1v) is 6.81. The quantitative estimate of drug-likeness (QED) is 0.837. The normalized spacial score (nSPS) is 12.4. The fraction of sp³-hybridized carbons (Fsp3) is 0.750. The second-order valence-corrected chi connectivity index (χ2v) is 5.80. The summed E-state index contributed by atoms with van der Waals surface area (Å²) in [5, 5.41) is 11.7. The highest BCUT2D eigenvalue weighted by Gasteiger charge is 2.17. The Morgan fingerprint density at radius 1 is 1.53 bits per heavy atom. The maximum Gasteiger partial charge on any atom is 0.307 e. The van der Waals surface area contributed by atoms with Gasteiger partial charge in [0, 0.05) is 30.7 Å². The maximum absolute atomic E-state index is 11.5. The van der Waals surface area contributed by atoms with Crippen LogP contribution in [0, 0.1) is 6.92 Å². The summed E-state index contributed by atoms with van der Waals surface area (Å²) in [5.74, 6) is 0. The number of thiazole rings is 1. The van der Waals surface area contributed by atoms with E-state index in [4.69, 9.17) is 0 Å². The van der Waals surface area contributed by atoms with Crippen molar-refractivity contribution in [1.29, 1.82) is 0 Å². The largest absolute Gasteiger partial charge is 0.389 e. The Bertz CT molecular complexity index is 403. The van der Waals surface area contributed by atoms with E-state index in [0.29, 0.717) is 13.1 Å². The van der Waals surface area contributed by atoms with Crippen molar-refractivity contribution in [1.82, 2.24) is 9.47 Å². The molecule has 1 aromatic rings. The molecule has 98 valence electrons. The summed E-state index contributed by atoms with van der Waals surface area (Å²) in [6.07, 6.45) is 0. The van der Waals surface area contributed by atoms with Gasteiger partial charge in [0.2, 0.25) is 0 Å². The van der Waals surface area contributed by atoms with Crippen LogP contribution in [-0.4, -0.2) is 39.8 Å². The average Bonchev–Trinajstić information content (AvgIpc) is 2.52. The molecule has 0 radical (unpaired) electrons. The van der Waals surface area contributed by atoms with E-state index in [1.165, 1.54) is 11.3 Å². The van der Waals surface area contributed by atoms with Crippen molar-refractivity contribution in [2.45, 2.75) is 39.8 Å². The van der Waals surface area contributed by atoms with E-state index in [1.807, 2.05) is 12.3 Å². The van der Waals surface area contributed by atoms with Crippen LogP contribution in [0.25, 0.3) is 0 Å². The second kappa shape index (κ2) is 5.80. The standard InChI is InChI=1S/C12H22N2O2S/c1-5-13(9-12(3,4)16)6-7-14-10(2)8-17-11(14)15/h8,16H,5-7,9H2,1-4H3. The number of aromatic nitrogens is 1. The van der Waals surface area contributed by atoms with E-state index in [9.17, 15) is 9.90 Å². The molecular weight excluding hydrogens is 236 g/mol. The minimum absolute atomic E-state index is 0.0989. The predicted octanol–water partition coefficient (Wildman–Crippen LogP) is 1.31. The number of hydrogen-bond donors (Lipinski definition) is 1. The summed E-state index contributed by atoms with van der Waals surface area (Å²) in [4.78, 5) is 13.8. The van der Waals surface area contributed by atoms with Gasteiger partial charge in [0.05, 0.1) is 5.60 Å². The Morgan fingerprint density at radius 3 is 2.59 bits per heavy atom. The Labute approximate surface area is 107 Å². The zero-order valence-corrected chi connectivity index (χ0v) is 11.9. The van der Waals surface area contributed by atoms with Crippen molar-refractivity contribution < 1.29 is 5.11 Å². The Balaban J connectivity index is 2.57. The van der Waals surface area contributed by atoms with Gasteiger partial charge in [-0.25, -0.2) is 0 Å². The zero-order valence-electron chi connectivity index (χ0n) is 11.1. The van der Waals surface area contributed by atoms with Crippen LogP contribution in [0.3, 0.4) is 0 Å². The number of aryl methyl sites for hydroxylation is 1. The summed E-state index contributed by atoms with van der Waals surface area (Å²) < 4.78 is 1.79. The SMILES string of the molecule is CCN(CCn1c(C)csc1=O)CC(C)(C)O. The number of hydrogen-bond acceptors (Lipinski definition) is 4. The first kappa shape index (κ1) is 14.4. The first-order chi connectivity index (χ1) is 7.83. The maximum atomic E-state index is 11.5. The third kappa shape index (κ3) is 4.61. The van der Waals surface area contributed by atoms with Gasteiger partial charge in [0.25, 0.3) is 0 Å². The van der Waals surface area contributed by atoms with E-state index in [-0.39, 0.29) is 4.87 Å². The van der Waals surface area contributed by atoms with E-state index >= 15 is 0 Å². The number of likely N-dealkylation sites (N-methyl/N-ethyl adjacent to an activating group) is 1. The van der Waals surface area contributed by atoms with Gasteiger partial charge in [0.1, 0.15) is 0 Å². The topological polar surface area (TPSA) is 45.5 Å². The summed E-state index contributed by atoms with van der Waals surface area (Å²) in [5.41, 5.74) is 0.323. The molecule has 1 aromatic heterocycles. The van der Waals surface area contributed by atoms with Crippen LogP contribution in [0.2, 0.25) is 0 Å². The van der Waals surface area contributed by atoms with E-state index < -0.39 is 5.60 Å². The monoisotopic (exact) mass is 258 g/mol. The molecule has 0 aromatic carbocycles. The molecule has 0 aliphatic heterocycles. The van der Waals surface area contributed by atoms with Crippen molar-refractivity contribution in [2.75, 3.05) is 19.6 Å². The second-order valence-electron chi connectivity index (χ2n) is 4.98. The molecule has 0 saturated heterocycles. The molecule has 1 rings (SSSR count). The molecule has 0 spiro atoms. The highest BCUT2D eigenvalue weighted by molar-refractivity contribution is 7.07. The molecule has 0 unspecified atom stereocenters. The highest BCUT2D eigenvalue weighted by atomic mass is 32.1. The molecule has 5 heteroatoms. The van der Waals surface area contributed by atoms with Gasteiger partial charge in [-0.2, -0.15) is 0 Å². The summed E-state index contributed by atoms with van der Waals surface area (Å²) in [6, 6.07) is 0. The lowest BCUT2D eigenvalue weighted by atomic mass is 10.1. The smallest absolute Gasteiger partial charge is 0.307 e. The number of rotatable bonds is 6. The lowest BCUT2D eigenvalue weighted by Crippen LogP contribution is -2.40. The molecule has 1 N–H and O–H groups in total. The fourth-order valence-electron chi connectivity index (χ4n) is 1.81. The van der Waals surface area contributed by atoms with Gasteiger partial charge in [-0.3, -0.25) is 9.69 Å². The lowest BCUT2D eigenvalue weighted by molar-refractivity contribution is 0.0367. The minimum atomic E-state index is -0.690. The minimum Gasteiger partial charge on any atom is -0.389 e. The third-order valence-corrected chi connectivity index (χ3v) is 3.56. The van der Waals surface area contributed by atoms with Crippen LogP contribution in [0.15, 0.2) is 10.2 Å². The van der Waals surface area contributed by atoms with Gasteiger partial charge >= 0.3 is 4.87 Å². The molecule has 1 heterocycles. The van der Waals surface area contributed by atoms with Crippen molar-refractivity contribution in [3.05, 3.63) is 20.7 Å². The fourth-order valence-corrected chi connectivity index (χ4v) is 2.57. The zero-order chi connectivity index (χ0) is 13.1. The van der Waals surface area contributed by atoms with Crippen LogP contribution < -0.4 is 4.87 Å². The van der Waals surface area contributed by atoms with Gasteiger partial charge in [0.15, 0.2) is 0 Å². The van der Waals surface area contributed by atoms with Crippen LogP contribution >= 0.6 is 11.3 Å². The molecule has 17 heavy (non-hydrogen) atoms. The van der Waals surface area contributed by atoms with Gasteiger partial charge < -0.3 is 9.67 Å². The Morgan fingerprint density at radius 2 is 2.18 bits per heavy atom. The average molecular weight is 258 g/mol. The van der Waals surface area contributed by atoms with Crippen molar-refractivity contribution >= 4 is 11.3 Å². The van der Waals surface area contributed by atoms with Gasteiger partial charge in [-0.1, -0.05) is 18.3 Å². The predicted molar refractivity (Wildman–Crippen MR) is 71.7 cm³/mol. The van der Waals surface area contributed by atoms with E-state index in [1.54, 1.807) is 18.4 Å². The van der Waals surface area contributed by atoms with E-state index in [2.05, 4.69) is 11.8 Å².